The number of benzene rings is 1. The quantitative estimate of drug-likeness (QED) is 0.681. The van der Waals surface area contributed by atoms with Gasteiger partial charge in [-0.15, -0.1) is 12.4 Å². The SMILES string of the molecule is Cl.NCCCOC1CCN(C(=O)[C@H]2COCC(=O)N2Cc2ccccc2)CC1. The lowest BCUT2D eigenvalue weighted by atomic mass is 10.1. The van der Waals surface area contributed by atoms with Gasteiger partial charge in [0.25, 0.3) is 0 Å². The van der Waals surface area contributed by atoms with Crippen LogP contribution < -0.4 is 5.73 Å². The highest BCUT2D eigenvalue weighted by atomic mass is 35.5. The van der Waals surface area contributed by atoms with E-state index in [-0.39, 0.29) is 43.5 Å². The van der Waals surface area contributed by atoms with Crippen molar-refractivity contribution in [2.45, 2.75) is 38.0 Å². The van der Waals surface area contributed by atoms with Gasteiger partial charge in [-0.25, -0.2) is 0 Å². The maximum Gasteiger partial charge on any atom is 0.249 e. The van der Waals surface area contributed by atoms with Crippen LogP contribution in [-0.4, -0.2) is 73.2 Å². The van der Waals surface area contributed by atoms with E-state index >= 15 is 0 Å². The Kier molecular flexibility index (Phi) is 9.18. The predicted molar refractivity (Wildman–Crippen MR) is 108 cm³/mol. The summed E-state index contributed by atoms with van der Waals surface area (Å²) in [6.45, 7) is 3.32. The van der Waals surface area contributed by atoms with Gasteiger partial charge in [0.1, 0.15) is 12.6 Å². The minimum absolute atomic E-state index is 0. The third-order valence-corrected chi connectivity index (χ3v) is 5.13. The second-order valence-corrected chi connectivity index (χ2v) is 7.08. The monoisotopic (exact) mass is 411 g/mol. The first-order valence-electron chi connectivity index (χ1n) is 9.70. The molecule has 0 unspecified atom stereocenters. The van der Waals surface area contributed by atoms with E-state index in [1.54, 1.807) is 4.90 Å². The van der Waals surface area contributed by atoms with Gasteiger partial charge in [0.15, 0.2) is 0 Å². The Bertz CT molecular complexity index is 623. The Balaban J connectivity index is 0.00000280. The normalized spacial score (nSPS) is 20.8. The van der Waals surface area contributed by atoms with Crippen LogP contribution in [0.3, 0.4) is 0 Å². The van der Waals surface area contributed by atoms with E-state index in [0.29, 0.717) is 32.8 Å². The molecule has 0 spiro atoms. The summed E-state index contributed by atoms with van der Waals surface area (Å²) in [5, 5.41) is 0. The minimum atomic E-state index is -0.554. The van der Waals surface area contributed by atoms with Crippen molar-refractivity contribution < 1.29 is 19.1 Å². The van der Waals surface area contributed by atoms with Crippen LogP contribution in [0.1, 0.15) is 24.8 Å². The fourth-order valence-corrected chi connectivity index (χ4v) is 3.57. The molecular formula is C20H30ClN3O4. The number of hydrogen-bond acceptors (Lipinski definition) is 5. The Labute approximate surface area is 172 Å². The summed E-state index contributed by atoms with van der Waals surface area (Å²) in [5.74, 6) is -0.164. The van der Waals surface area contributed by atoms with Crippen LogP contribution in [0.2, 0.25) is 0 Å². The van der Waals surface area contributed by atoms with E-state index in [1.807, 2.05) is 35.2 Å². The average molecular weight is 412 g/mol. The van der Waals surface area contributed by atoms with Crippen molar-refractivity contribution in [2.24, 2.45) is 5.73 Å². The first kappa shape index (κ1) is 22.6. The topological polar surface area (TPSA) is 85.1 Å². The zero-order chi connectivity index (χ0) is 19.1. The molecule has 0 aromatic heterocycles. The van der Waals surface area contributed by atoms with Crippen LogP contribution in [-0.2, 0) is 25.6 Å². The van der Waals surface area contributed by atoms with Gasteiger partial charge >= 0.3 is 0 Å². The number of piperidine rings is 1. The molecule has 2 N–H and O–H groups in total. The molecule has 2 heterocycles. The highest BCUT2D eigenvalue weighted by Gasteiger charge is 2.37. The van der Waals surface area contributed by atoms with Gasteiger partial charge in [0, 0.05) is 26.2 Å². The molecule has 0 bridgehead atoms. The standard InChI is InChI=1S/C20H29N3O4.ClH/c21-9-4-12-27-17-7-10-22(11-8-17)20(25)18-14-26-15-19(24)23(18)13-16-5-2-1-3-6-16;/h1-3,5-6,17-18H,4,7-15,21H2;1H/t18-;/m1./s1. The Morgan fingerprint density at radius 3 is 2.61 bits per heavy atom. The molecule has 0 saturated carbocycles. The molecule has 0 radical (unpaired) electrons. The molecule has 28 heavy (non-hydrogen) atoms. The van der Waals surface area contributed by atoms with Crippen molar-refractivity contribution >= 4 is 24.2 Å². The van der Waals surface area contributed by atoms with E-state index in [2.05, 4.69) is 0 Å². The van der Waals surface area contributed by atoms with Gasteiger partial charge in [-0.3, -0.25) is 9.59 Å². The van der Waals surface area contributed by atoms with Gasteiger partial charge in [0.2, 0.25) is 11.8 Å². The highest BCUT2D eigenvalue weighted by molar-refractivity contribution is 5.89. The van der Waals surface area contributed by atoms with E-state index in [0.717, 1.165) is 24.8 Å². The molecular weight excluding hydrogens is 382 g/mol. The number of nitrogens with zero attached hydrogens (tertiary/aromatic N) is 2. The number of carbonyl (C=O) groups is 2. The Morgan fingerprint density at radius 2 is 1.93 bits per heavy atom. The maximum absolute atomic E-state index is 13.1. The second kappa shape index (κ2) is 11.4. The first-order valence-corrected chi connectivity index (χ1v) is 9.70. The number of hydrogen-bond donors (Lipinski definition) is 1. The van der Waals surface area contributed by atoms with Crippen molar-refractivity contribution in [2.75, 3.05) is 39.5 Å². The number of morpholine rings is 1. The summed E-state index contributed by atoms with van der Waals surface area (Å²) >= 11 is 0. The Hall–Kier alpha value is -1.67. The van der Waals surface area contributed by atoms with Crippen LogP contribution >= 0.6 is 12.4 Å². The largest absolute Gasteiger partial charge is 0.378 e. The molecule has 2 amide bonds. The molecule has 7 nitrogen and oxygen atoms in total. The number of halogens is 1. The minimum Gasteiger partial charge on any atom is -0.378 e. The summed E-state index contributed by atoms with van der Waals surface area (Å²) in [6, 6.07) is 9.19. The molecule has 1 atom stereocenters. The number of ether oxygens (including phenoxy) is 2. The molecule has 2 aliphatic rings. The van der Waals surface area contributed by atoms with Crippen molar-refractivity contribution in [3.63, 3.8) is 0 Å². The Morgan fingerprint density at radius 1 is 1.21 bits per heavy atom. The molecule has 2 aliphatic heterocycles. The lowest BCUT2D eigenvalue weighted by Gasteiger charge is -2.39. The lowest BCUT2D eigenvalue weighted by molar-refractivity contribution is -0.161. The summed E-state index contributed by atoms with van der Waals surface area (Å²) in [7, 11) is 0. The van der Waals surface area contributed by atoms with Gasteiger partial charge in [-0.1, -0.05) is 30.3 Å². The van der Waals surface area contributed by atoms with Gasteiger partial charge in [-0.2, -0.15) is 0 Å². The van der Waals surface area contributed by atoms with Crippen molar-refractivity contribution in [1.29, 1.82) is 0 Å². The third-order valence-electron chi connectivity index (χ3n) is 5.13. The maximum atomic E-state index is 13.1. The zero-order valence-corrected chi connectivity index (χ0v) is 16.9. The molecule has 1 aromatic rings. The number of likely N-dealkylation sites (tertiary alicyclic amines) is 1. The van der Waals surface area contributed by atoms with Crippen molar-refractivity contribution in [1.82, 2.24) is 9.80 Å². The number of rotatable bonds is 7. The number of carbonyl (C=O) groups excluding carboxylic acids is 2. The molecule has 2 saturated heterocycles. The molecule has 0 aliphatic carbocycles. The van der Waals surface area contributed by atoms with Gasteiger partial charge in [0.05, 0.1) is 12.7 Å². The van der Waals surface area contributed by atoms with E-state index in [9.17, 15) is 9.59 Å². The first-order chi connectivity index (χ1) is 13.2. The van der Waals surface area contributed by atoms with E-state index in [1.165, 1.54) is 0 Å². The van der Waals surface area contributed by atoms with Gasteiger partial charge < -0.3 is 25.0 Å². The summed E-state index contributed by atoms with van der Waals surface area (Å²) < 4.78 is 11.2. The third kappa shape index (κ3) is 5.91. The smallest absolute Gasteiger partial charge is 0.249 e. The molecule has 8 heteroatoms. The summed E-state index contributed by atoms with van der Waals surface area (Å²) in [5.41, 5.74) is 6.50. The summed E-state index contributed by atoms with van der Waals surface area (Å²) in [6.07, 6.45) is 2.67. The molecule has 2 fully saturated rings. The lowest BCUT2D eigenvalue weighted by Crippen LogP contribution is -2.58. The van der Waals surface area contributed by atoms with Gasteiger partial charge in [-0.05, 0) is 31.4 Å². The van der Waals surface area contributed by atoms with Crippen LogP contribution in [0.15, 0.2) is 30.3 Å². The van der Waals surface area contributed by atoms with Crippen LogP contribution in [0.4, 0.5) is 0 Å². The molecule has 156 valence electrons. The fourth-order valence-electron chi connectivity index (χ4n) is 3.57. The van der Waals surface area contributed by atoms with E-state index in [4.69, 9.17) is 15.2 Å². The van der Waals surface area contributed by atoms with E-state index < -0.39 is 6.04 Å². The molecule has 1 aromatic carbocycles. The zero-order valence-electron chi connectivity index (χ0n) is 16.1. The molecule has 3 rings (SSSR count). The van der Waals surface area contributed by atoms with Crippen LogP contribution in [0, 0.1) is 0 Å². The van der Waals surface area contributed by atoms with Crippen molar-refractivity contribution in [3.05, 3.63) is 35.9 Å². The van der Waals surface area contributed by atoms with Crippen molar-refractivity contribution in [3.8, 4) is 0 Å². The van der Waals surface area contributed by atoms with Crippen LogP contribution in [0.5, 0.6) is 0 Å². The predicted octanol–water partition coefficient (Wildman–Crippen LogP) is 1.19. The second-order valence-electron chi connectivity index (χ2n) is 7.08. The van der Waals surface area contributed by atoms with Crippen LogP contribution in [0.25, 0.3) is 0 Å². The number of amides is 2. The fraction of sp³-hybridized carbons (Fsp3) is 0.600. The number of nitrogens with two attached hydrogens (primary N) is 1. The highest BCUT2D eigenvalue weighted by Crippen LogP contribution is 2.19. The average Bonchev–Trinajstić information content (AvgIpc) is 2.70. The summed E-state index contributed by atoms with van der Waals surface area (Å²) in [4.78, 5) is 29.0.